The molecule has 0 aliphatic carbocycles. The average molecular weight is 287 g/mol. The Morgan fingerprint density at radius 3 is 2.42 bits per heavy atom. The topological polar surface area (TPSA) is 104 Å². The van der Waals surface area contributed by atoms with Gasteiger partial charge in [-0.3, -0.25) is 0 Å². The van der Waals surface area contributed by atoms with Crippen molar-refractivity contribution in [2.75, 3.05) is 6.54 Å². The van der Waals surface area contributed by atoms with Gasteiger partial charge in [-0.1, -0.05) is 6.07 Å². The largest absolute Gasteiger partial charge is 0.478 e. The maximum atomic E-state index is 12.1. The predicted molar refractivity (Wildman–Crippen MR) is 69.6 cm³/mol. The molecule has 0 unspecified atom stereocenters. The van der Waals surface area contributed by atoms with Crippen LogP contribution in [0.4, 0.5) is 0 Å². The van der Waals surface area contributed by atoms with Gasteiger partial charge in [-0.25, -0.2) is 17.9 Å². The van der Waals surface area contributed by atoms with Crippen LogP contribution in [0.1, 0.15) is 29.8 Å². The summed E-state index contributed by atoms with van der Waals surface area (Å²) in [5, 5.41) is 18.4. The zero-order chi connectivity index (χ0) is 14.8. The third kappa shape index (κ3) is 4.30. The van der Waals surface area contributed by atoms with Crippen molar-refractivity contribution >= 4 is 16.0 Å². The van der Waals surface area contributed by atoms with Gasteiger partial charge in [0.25, 0.3) is 0 Å². The first kappa shape index (κ1) is 15.6. The smallest absolute Gasteiger partial charge is 0.335 e. The van der Waals surface area contributed by atoms with E-state index >= 15 is 0 Å². The standard InChI is InChI=1S/C12H17NO5S/c1-8-4-5-9(11(14)15)6-10(8)19(17,18)13-7-12(2,3)16/h4-6,13,16H,7H2,1-3H3,(H,14,15). The fourth-order valence-electron chi connectivity index (χ4n) is 1.37. The third-order valence-corrected chi connectivity index (χ3v) is 3.96. The van der Waals surface area contributed by atoms with Crippen molar-refractivity contribution in [1.29, 1.82) is 0 Å². The first-order valence-corrected chi connectivity index (χ1v) is 7.07. The molecule has 106 valence electrons. The number of rotatable bonds is 5. The van der Waals surface area contributed by atoms with Crippen LogP contribution in [0.25, 0.3) is 0 Å². The molecule has 0 amide bonds. The summed E-state index contributed by atoms with van der Waals surface area (Å²) in [6, 6.07) is 3.87. The van der Waals surface area contributed by atoms with E-state index in [0.717, 1.165) is 6.07 Å². The molecular formula is C12H17NO5S. The minimum atomic E-state index is -3.85. The molecule has 0 saturated heterocycles. The van der Waals surface area contributed by atoms with Crippen molar-refractivity contribution in [3.05, 3.63) is 29.3 Å². The Hall–Kier alpha value is -1.44. The number of aromatic carboxylic acids is 1. The van der Waals surface area contributed by atoms with Crippen LogP contribution in [0, 0.1) is 6.92 Å². The molecule has 19 heavy (non-hydrogen) atoms. The van der Waals surface area contributed by atoms with Crippen molar-refractivity contribution < 1.29 is 23.4 Å². The molecule has 0 saturated carbocycles. The van der Waals surface area contributed by atoms with Crippen molar-refractivity contribution in [3.8, 4) is 0 Å². The van der Waals surface area contributed by atoms with Crippen molar-refractivity contribution in [3.63, 3.8) is 0 Å². The second-order valence-corrected chi connectivity index (χ2v) is 6.66. The Kier molecular flexibility index (Phi) is 4.34. The molecule has 0 atom stereocenters. The second kappa shape index (κ2) is 5.28. The SMILES string of the molecule is Cc1ccc(C(=O)O)cc1S(=O)(=O)NCC(C)(C)O. The number of hydrogen-bond donors (Lipinski definition) is 3. The van der Waals surface area contributed by atoms with Gasteiger partial charge < -0.3 is 10.2 Å². The molecule has 0 fully saturated rings. The van der Waals surface area contributed by atoms with Crippen molar-refractivity contribution in [2.45, 2.75) is 31.3 Å². The summed E-state index contributed by atoms with van der Waals surface area (Å²) in [7, 11) is -3.85. The van der Waals surface area contributed by atoms with Gasteiger partial charge >= 0.3 is 5.97 Å². The fraction of sp³-hybridized carbons (Fsp3) is 0.417. The molecule has 3 N–H and O–H groups in total. The Morgan fingerprint density at radius 2 is 1.95 bits per heavy atom. The molecule has 0 aliphatic heterocycles. The number of aryl methyl sites for hydroxylation is 1. The van der Waals surface area contributed by atoms with Crippen LogP contribution >= 0.6 is 0 Å². The molecule has 1 aromatic carbocycles. The van der Waals surface area contributed by atoms with E-state index in [4.69, 9.17) is 5.11 Å². The van der Waals surface area contributed by atoms with Gasteiger partial charge in [0.2, 0.25) is 10.0 Å². The number of carboxylic acid groups (broad SMARTS) is 1. The molecule has 6 nitrogen and oxygen atoms in total. The monoisotopic (exact) mass is 287 g/mol. The molecule has 0 heterocycles. The van der Waals surface area contributed by atoms with E-state index in [2.05, 4.69) is 4.72 Å². The van der Waals surface area contributed by atoms with Gasteiger partial charge in [0.05, 0.1) is 16.1 Å². The molecule has 0 radical (unpaired) electrons. The van der Waals surface area contributed by atoms with Crippen LogP contribution in [-0.2, 0) is 10.0 Å². The van der Waals surface area contributed by atoms with Crippen LogP contribution in [0.15, 0.2) is 23.1 Å². The lowest BCUT2D eigenvalue weighted by atomic mass is 10.1. The summed E-state index contributed by atoms with van der Waals surface area (Å²) >= 11 is 0. The Balaban J connectivity index is 3.14. The number of carboxylic acids is 1. The summed E-state index contributed by atoms with van der Waals surface area (Å²) in [5.74, 6) is -1.20. The minimum Gasteiger partial charge on any atom is -0.478 e. The van der Waals surface area contributed by atoms with E-state index in [1.807, 2.05) is 0 Å². The van der Waals surface area contributed by atoms with Gasteiger partial charge in [0.15, 0.2) is 0 Å². The molecule has 0 bridgehead atoms. The number of benzene rings is 1. The average Bonchev–Trinajstić information content (AvgIpc) is 2.25. The number of aliphatic hydroxyl groups is 1. The first-order chi connectivity index (χ1) is 8.53. The summed E-state index contributed by atoms with van der Waals surface area (Å²) in [6.45, 7) is 4.35. The fourth-order valence-corrected chi connectivity index (χ4v) is 2.84. The minimum absolute atomic E-state index is 0.100. The number of sulfonamides is 1. The summed E-state index contributed by atoms with van der Waals surface area (Å²) in [5.41, 5.74) is -0.853. The maximum Gasteiger partial charge on any atom is 0.335 e. The van der Waals surface area contributed by atoms with E-state index in [1.165, 1.54) is 26.0 Å². The Bertz CT molecular complexity index is 587. The molecule has 0 spiro atoms. The molecule has 0 aromatic heterocycles. The van der Waals surface area contributed by atoms with Crippen molar-refractivity contribution in [1.82, 2.24) is 4.72 Å². The highest BCUT2D eigenvalue weighted by molar-refractivity contribution is 7.89. The normalized spacial score (nSPS) is 12.4. The maximum absolute atomic E-state index is 12.1. The number of carbonyl (C=O) groups is 1. The molecule has 7 heteroatoms. The van der Waals surface area contributed by atoms with Crippen LogP contribution in [0.2, 0.25) is 0 Å². The quantitative estimate of drug-likeness (QED) is 0.741. The van der Waals surface area contributed by atoms with Gasteiger partial charge in [0, 0.05) is 6.54 Å². The highest BCUT2D eigenvalue weighted by Gasteiger charge is 2.22. The lowest BCUT2D eigenvalue weighted by Gasteiger charge is -2.18. The Morgan fingerprint density at radius 1 is 1.37 bits per heavy atom. The first-order valence-electron chi connectivity index (χ1n) is 5.59. The second-order valence-electron chi connectivity index (χ2n) is 4.92. The zero-order valence-electron chi connectivity index (χ0n) is 11.0. The van der Waals surface area contributed by atoms with Gasteiger partial charge in [-0.15, -0.1) is 0 Å². The van der Waals surface area contributed by atoms with Crippen molar-refractivity contribution in [2.24, 2.45) is 0 Å². The van der Waals surface area contributed by atoms with Crippen LogP contribution < -0.4 is 4.72 Å². The van der Waals surface area contributed by atoms with E-state index < -0.39 is 21.6 Å². The highest BCUT2D eigenvalue weighted by Crippen LogP contribution is 2.17. The molecule has 0 aliphatic rings. The van der Waals surface area contributed by atoms with E-state index in [9.17, 15) is 18.3 Å². The molecule has 1 rings (SSSR count). The van der Waals surface area contributed by atoms with Crippen LogP contribution in [0.5, 0.6) is 0 Å². The molecule has 1 aromatic rings. The highest BCUT2D eigenvalue weighted by atomic mass is 32.2. The summed E-state index contributed by atoms with van der Waals surface area (Å²) in [4.78, 5) is 10.8. The van der Waals surface area contributed by atoms with Crippen LogP contribution in [0.3, 0.4) is 0 Å². The molecular weight excluding hydrogens is 270 g/mol. The lowest BCUT2D eigenvalue weighted by Crippen LogP contribution is -2.38. The van der Waals surface area contributed by atoms with Gasteiger partial charge in [-0.05, 0) is 38.5 Å². The zero-order valence-corrected chi connectivity index (χ0v) is 11.8. The van der Waals surface area contributed by atoms with E-state index in [-0.39, 0.29) is 17.0 Å². The van der Waals surface area contributed by atoms with Gasteiger partial charge in [-0.2, -0.15) is 0 Å². The number of hydrogen-bond acceptors (Lipinski definition) is 4. The predicted octanol–water partition coefficient (Wildman–Crippen LogP) is 0.742. The van der Waals surface area contributed by atoms with E-state index in [1.54, 1.807) is 6.92 Å². The lowest BCUT2D eigenvalue weighted by molar-refractivity contribution is 0.0696. The van der Waals surface area contributed by atoms with Gasteiger partial charge in [0.1, 0.15) is 0 Å². The van der Waals surface area contributed by atoms with E-state index in [0.29, 0.717) is 5.56 Å². The summed E-state index contributed by atoms with van der Waals surface area (Å²) in [6.07, 6.45) is 0. The third-order valence-electron chi connectivity index (χ3n) is 2.42. The Labute approximate surface area is 112 Å². The summed E-state index contributed by atoms with van der Waals surface area (Å²) < 4.78 is 26.4. The van der Waals surface area contributed by atoms with Crippen LogP contribution in [-0.4, -0.2) is 36.7 Å². The number of nitrogens with one attached hydrogen (secondary N) is 1.